The Labute approximate surface area is 224 Å². The molecule has 0 bridgehead atoms. The summed E-state index contributed by atoms with van der Waals surface area (Å²) in [5.41, 5.74) is 3.09. The van der Waals surface area contributed by atoms with E-state index in [1.165, 1.54) is 10.7 Å². The number of esters is 1. The smallest absolute Gasteiger partial charge is 0.316 e. The highest BCUT2D eigenvalue weighted by molar-refractivity contribution is 6.04. The van der Waals surface area contributed by atoms with E-state index in [1.54, 1.807) is 63.2 Å². The summed E-state index contributed by atoms with van der Waals surface area (Å²) < 4.78 is 6.82. The third kappa shape index (κ3) is 5.93. The SMILES string of the molecule is CC(C)(C)C(=O)Oc1ccc2[nH]c(NC(=O)c3cccc(Cn4nc(-c5ccccc5)ccc4=O)c3)nc2c1. The molecule has 1 amide bonds. The number of H-pyrrole nitrogens is 1. The lowest BCUT2D eigenvalue weighted by molar-refractivity contribution is -0.142. The van der Waals surface area contributed by atoms with Gasteiger partial charge < -0.3 is 9.72 Å². The van der Waals surface area contributed by atoms with Gasteiger partial charge in [-0.2, -0.15) is 5.10 Å². The lowest BCUT2D eigenvalue weighted by Crippen LogP contribution is -2.25. The van der Waals surface area contributed by atoms with Gasteiger partial charge in [0, 0.05) is 23.3 Å². The number of hydrogen-bond donors (Lipinski definition) is 2. The van der Waals surface area contributed by atoms with E-state index in [9.17, 15) is 14.4 Å². The first-order valence-electron chi connectivity index (χ1n) is 12.4. The molecule has 39 heavy (non-hydrogen) atoms. The van der Waals surface area contributed by atoms with Crippen molar-refractivity contribution in [3.8, 4) is 17.0 Å². The van der Waals surface area contributed by atoms with Crippen LogP contribution < -0.4 is 15.6 Å². The molecule has 0 radical (unpaired) electrons. The average Bonchev–Trinajstić information content (AvgIpc) is 3.31. The normalized spacial score (nSPS) is 11.4. The van der Waals surface area contributed by atoms with E-state index in [1.807, 2.05) is 36.4 Å². The molecule has 0 fully saturated rings. The van der Waals surface area contributed by atoms with Gasteiger partial charge >= 0.3 is 5.97 Å². The summed E-state index contributed by atoms with van der Waals surface area (Å²) >= 11 is 0. The van der Waals surface area contributed by atoms with Crippen LogP contribution in [0.15, 0.2) is 89.7 Å². The van der Waals surface area contributed by atoms with E-state index >= 15 is 0 Å². The van der Waals surface area contributed by atoms with Crippen molar-refractivity contribution in [3.05, 3.63) is 106 Å². The summed E-state index contributed by atoms with van der Waals surface area (Å²) in [6.45, 7) is 5.55. The van der Waals surface area contributed by atoms with Gasteiger partial charge in [0.1, 0.15) is 5.75 Å². The van der Waals surface area contributed by atoms with Gasteiger partial charge in [0.05, 0.1) is 28.7 Å². The lowest BCUT2D eigenvalue weighted by Gasteiger charge is -2.16. The molecule has 3 aromatic carbocycles. The molecule has 0 unspecified atom stereocenters. The lowest BCUT2D eigenvalue weighted by atomic mass is 9.97. The molecule has 0 saturated carbocycles. The van der Waals surface area contributed by atoms with Gasteiger partial charge in [-0.05, 0) is 56.7 Å². The predicted octanol–water partition coefficient (Wildman–Crippen LogP) is 5.04. The largest absolute Gasteiger partial charge is 0.426 e. The molecule has 2 aromatic heterocycles. The van der Waals surface area contributed by atoms with E-state index < -0.39 is 5.41 Å². The topological polar surface area (TPSA) is 119 Å². The van der Waals surface area contributed by atoms with Crippen molar-refractivity contribution < 1.29 is 14.3 Å². The van der Waals surface area contributed by atoms with Gasteiger partial charge in [0.25, 0.3) is 11.5 Å². The van der Waals surface area contributed by atoms with Gasteiger partial charge in [-0.25, -0.2) is 9.67 Å². The number of nitrogens with zero attached hydrogens (tertiary/aromatic N) is 3. The highest BCUT2D eigenvalue weighted by Crippen LogP contribution is 2.24. The third-order valence-electron chi connectivity index (χ3n) is 5.97. The summed E-state index contributed by atoms with van der Waals surface area (Å²) in [5.74, 6) is -0.0866. The van der Waals surface area contributed by atoms with E-state index in [4.69, 9.17) is 4.74 Å². The van der Waals surface area contributed by atoms with Crippen LogP contribution in [0.3, 0.4) is 0 Å². The molecule has 0 spiro atoms. The molecule has 2 N–H and O–H groups in total. The molecule has 5 rings (SSSR count). The van der Waals surface area contributed by atoms with Gasteiger partial charge in [-0.1, -0.05) is 42.5 Å². The van der Waals surface area contributed by atoms with Crippen LogP contribution in [-0.2, 0) is 11.3 Å². The number of fused-ring (bicyclic) bond motifs is 1. The maximum absolute atomic E-state index is 13.0. The monoisotopic (exact) mass is 521 g/mol. The molecule has 9 heteroatoms. The van der Waals surface area contributed by atoms with Crippen molar-refractivity contribution >= 4 is 28.9 Å². The van der Waals surface area contributed by atoms with Crippen molar-refractivity contribution in [2.75, 3.05) is 5.32 Å². The number of imidazole rings is 1. The number of ether oxygens (including phenoxy) is 1. The number of amides is 1. The van der Waals surface area contributed by atoms with E-state index in [-0.39, 0.29) is 29.9 Å². The molecule has 9 nitrogen and oxygen atoms in total. The van der Waals surface area contributed by atoms with Crippen molar-refractivity contribution in [1.29, 1.82) is 0 Å². The molecule has 5 aromatic rings. The Morgan fingerprint density at radius 1 is 0.949 bits per heavy atom. The molecular formula is C30H27N5O4. The Morgan fingerprint density at radius 2 is 1.74 bits per heavy atom. The third-order valence-corrected chi connectivity index (χ3v) is 5.97. The number of aromatic amines is 1. The van der Waals surface area contributed by atoms with Crippen LogP contribution in [0.1, 0.15) is 36.7 Å². The minimum absolute atomic E-state index is 0.210. The maximum atomic E-state index is 13.0. The number of anilines is 1. The fourth-order valence-electron chi connectivity index (χ4n) is 3.86. The van der Waals surface area contributed by atoms with Crippen LogP contribution in [0, 0.1) is 5.41 Å². The molecule has 0 aliphatic rings. The number of benzene rings is 3. The van der Waals surface area contributed by atoms with Crippen molar-refractivity contribution in [1.82, 2.24) is 19.7 Å². The fourth-order valence-corrected chi connectivity index (χ4v) is 3.86. The van der Waals surface area contributed by atoms with Gasteiger partial charge in [0.15, 0.2) is 0 Å². The van der Waals surface area contributed by atoms with Crippen molar-refractivity contribution in [3.63, 3.8) is 0 Å². The fraction of sp³-hybridized carbons (Fsp3) is 0.167. The summed E-state index contributed by atoms with van der Waals surface area (Å²) in [4.78, 5) is 45.1. The van der Waals surface area contributed by atoms with Gasteiger partial charge in [-0.15, -0.1) is 0 Å². The van der Waals surface area contributed by atoms with Crippen LogP contribution in [-0.4, -0.2) is 31.6 Å². The van der Waals surface area contributed by atoms with Crippen LogP contribution in [0.4, 0.5) is 5.95 Å². The molecule has 2 heterocycles. The first-order chi connectivity index (χ1) is 18.7. The van der Waals surface area contributed by atoms with E-state index in [0.717, 1.165) is 11.1 Å². The average molecular weight is 522 g/mol. The summed E-state index contributed by atoms with van der Waals surface area (Å²) in [7, 11) is 0. The number of hydrogen-bond acceptors (Lipinski definition) is 6. The first-order valence-corrected chi connectivity index (χ1v) is 12.4. The van der Waals surface area contributed by atoms with Gasteiger partial charge in [0.2, 0.25) is 5.95 Å². The minimum atomic E-state index is -0.636. The second-order valence-corrected chi connectivity index (χ2v) is 10.1. The minimum Gasteiger partial charge on any atom is -0.426 e. The Morgan fingerprint density at radius 3 is 2.51 bits per heavy atom. The van der Waals surface area contributed by atoms with Crippen LogP contribution in [0.2, 0.25) is 0 Å². The highest BCUT2D eigenvalue weighted by Gasteiger charge is 2.24. The Balaban J connectivity index is 1.31. The maximum Gasteiger partial charge on any atom is 0.316 e. The number of carbonyl (C=O) groups is 2. The van der Waals surface area contributed by atoms with E-state index in [0.29, 0.717) is 28.0 Å². The summed E-state index contributed by atoms with van der Waals surface area (Å²) in [5, 5.41) is 7.27. The van der Waals surface area contributed by atoms with Crippen molar-refractivity contribution in [2.24, 2.45) is 5.41 Å². The van der Waals surface area contributed by atoms with Crippen LogP contribution in [0.5, 0.6) is 5.75 Å². The standard InChI is InChI=1S/C30H27N5O4/c1-30(2,3)28(38)39-22-12-13-24-25(17-22)32-29(31-24)33-27(37)21-11-7-8-19(16-21)18-35-26(36)15-14-23(34-35)20-9-5-4-6-10-20/h4-17H,18H2,1-3H3,(H2,31,32,33,37). The Kier molecular flexibility index (Phi) is 6.81. The zero-order valence-corrected chi connectivity index (χ0v) is 21.8. The zero-order chi connectivity index (χ0) is 27.6. The highest BCUT2D eigenvalue weighted by atomic mass is 16.5. The molecule has 0 aliphatic carbocycles. The molecule has 0 aliphatic heterocycles. The Bertz CT molecular complexity index is 1730. The van der Waals surface area contributed by atoms with Crippen molar-refractivity contribution in [2.45, 2.75) is 27.3 Å². The molecule has 0 saturated heterocycles. The number of nitrogens with one attached hydrogen (secondary N) is 2. The van der Waals surface area contributed by atoms with Gasteiger partial charge in [-0.3, -0.25) is 19.7 Å². The molecular weight excluding hydrogens is 494 g/mol. The van der Waals surface area contributed by atoms with Crippen LogP contribution in [0.25, 0.3) is 22.3 Å². The number of carbonyl (C=O) groups excluding carboxylic acids is 2. The quantitative estimate of drug-likeness (QED) is 0.239. The Hall–Kier alpha value is -5.05. The van der Waals surface area contributed by atoms with Crippen LogP contribution >= 0.6 is 0 Å². The second-order valence-electron chi connectivity index (χ2n) is 10.1. The summed E-state index contributed by atoms with van der Waals surface area (Å²) in [6, 6.07) is 24.8. The molecule has 0 atom stereocenters. The molecule has 196 valence electrons. The number of rotatable bonds is 6. The first kappa shape index (κ1) is 25.6. The number of aromatic nitrogens is 4. The summed E-state index contributed by atoms with van der Waals surface area (Å²) in [6.07, 6.45) is 0. The predicted molar refractivity (Wildman–Crippen MR) is 149 cm³/mol. The second kappa shape index (κ2) is 10.4. The van der Waals surface area contributed by atoms with E-state index in [2.05, 4.69) is 20.4 Å². The zero-order valence-electron chi connectivity index (χ0n) is 21.8.